The first-order valence-electron chi connectivity index (χ1n) is 4.74. The van der Waals surface area contributed by atoms with E-state index in [9.17, 15) is 18.3 Å². The lowest BCUT2D eigenvalue weighted by atomic mass is 10.2. The lowest BCUT2D eigenvalue weighted by molar-refractivity contribution is -0.131. The summed E-state index contributed by atoms with van der Waals surface area (Å²) in [6.07, 6.45) is 2.63. The quantitative estimate of drug-likeness (QED) is 0.471. The Hall–Kier alpha value is -0.920. The molecule has 0 bridgehead atoms. The Morgan fingerprint density at radius 1 is 1.44 bits per heavy atom. The predicted molar refractivity (Wildman–Crippen MR) is 57.0 cm³/mol. The number of carbonyl (C=O) groups is 1. The van der Waals surface area contributed by atoms with E-state index in [1.807, 2.05) is 0 Å². The van der Waals surface area contributed by atoms with Crippen LogP contribution in [0.2, 0.25) is 0 Å². The molecule has 0 rings (SSSR count). The van der Waals surface area contributed by atoms with Gasteiger partial charge in [-0.05, 0) is 12.8 Å². The topological polar surface area (TPSA) is 101 Å². The first kappa shape index (κ1) is 15.1. The molecule has 0 saturated heterocycles. The van der Waals surface area contributed by atoms with Gasteiger partial charge in [-0.3, -0.25) is 4.79 Å². The van der Waals surface area contributed by atoms with Crippen LogP contribution in [0.4, 0.5) is 0 Å². The van der Waals surface area contributed by atoms with Gasteiger partial charge < -0.3 is 14.4 Å². The second kappa shape index (κ2) is 7.37. The number of aliphatic hydroxyl groups is 2. The Labute approximate surface area is 94.7 Å². The van der Waals surface area contributed by atoms with Gasteiger partial charge in [0.2, 0.25) is 0 Å². The third kappa shape index (κ3) is 8.39. The van der Waals surface area contributed by atoms with Crippen molar-refractivity contribution in [2.24, 2.45) is 0 Å². The van der Waals surface area contributed by atoms with Crippen molar-refractivity contribution in [2.75, 3.05) is 12.4 Å². The van der Waals surface area contributed by atoms with Crippen LogP contribution >= 0.6 is 0 Å². The van der Waals surface area contributed by atoms with Crippen molar-refractivity contribution in [3.63, 3.8) is 0 Å². The van der Waals surface area contributed by atoms with Crippen LogP contribution in [0.1, 0.15) is 19.8 Å². The SMILES string of the molecule is CC(=O)OS(=O)(=O)CC(O)CC=CCCO. The van der Waals surface area contributed by atoms with Crippen molar-refractivity contribution in [3.8, 4) is 0 Å². The third-order valence-corrected chi connectivity index (χ3v) is 2.79. The standard InChI is InChI=1S/C9H16O6S/c1-8(11)15-16(13,14)7-9(12)5-3-2-4-6-10/h2-3,9-10,12H,4-7H2,1H3. The molecule has 0 radical (unpaired) electrons. The Kier molecular flexibility index (Phi) is 6.95. The average Bonchev–Trinajstić information content (AvgIpc) is 2.09. The molecule has 0 aliphatic heterocycles. The van der Waals surface area contributed by atoms with Crippen molar-refractivity contribution in [3.05, 3.63) is 12.2 Å². The zero-order valence-corrected chi connectivity index (χ0v) is 9.81. The van der Waals surface area contributed by atoms with E-state index < -0.39 is 27.9 Å². The number of rotatable bonds is 7. The van der Waals surface area contributed by atoms with E-state index in [1.165, 1.54) is 0 Å². The zero-order chi connectivity index (χ0) is 12.6. The molecule has 0 amide bonds. The lowest BCUT2D eigenvalue weighted by Crippen LogP contribution is -2.23. The summed E-state index contributed by atoms with van der Waals surface area (Å²) in [5.74, 6) is -1.56. The summed E-state index contributed by atoms with van der Waals surface area (Å²) >= 11 is 0. The molecule has 0 fully saturated rings. The normalized spacial score (nSPS) is 13.9. The van der Waals surface area contributed by atoms with Crippen LogP contribution in [0, 0.1) is 0 Å². The molecule has 16 heavy (non-hydrogen) atoms. The number of hydrogen-bond donors (Lipinski definition) is 2. The molecule has 0 spiro atoms. The summed E-state index contributed by atoms with van der Waals surface area (Å²) in [5.41, 5.74) is 0. The van der Waals surface area contributed by atoms with E-state index in [1.54, 1.807) is 12.2 Å². The fourth-order valence-corrected chi connectivity index (χ4v) is 2.00. The van der Waals surface area contributed by atoms with E-state index in [2.05, 4.69) is 4.18 Å². The van der Waals surface area contributed by atoms with Gasteiger partial charge in [0.25, 0.3) is 0 Å². The van der Waals surface area contributed by atoms with Gasteiger partial charge in [-0.15, -0.1) is 0 Å². The minimum Gasteiger partial charge on any atom is -0.396 e. The summed E-state index contributed by atoms with van der Waals surface area (Å²) in [4.78, 5) is 10.4. The van der Waals surface area contributed by atoms with Crippen LogP contribution in [-0.2, 0) is 19.1 Å². The van der Waals surface area contributed by atoms with Crippen LogP contribution < -0.4 is 0 Å². The molecular formula is C9H16O6S. The molecular weight excluding hydrogens is 236 g/mol. The largest absolute Gasteiger partial charge is 0.396 e. The molecule has 0 aromatic carbocycles. The van der Waals surface area contributed by atoms with Crippen molar-refractivity contribution < 1.29 is 27.6 Å². The van der Waals surface area contributed by atoms with Gasteiger partial charge >= 0.3 is 16.1 Å². The van der Waals surface area contributed by atoms with Crippen LogP contribution in [0.5, 0.6) is 0 Å². The molecule has 0 heterocycles. The van der Waals surface area contributed by atoms with E-state index in [4.69, 9.17) is 5.11 Å². The summed E-state index contributed by atoms with van der Waals surface area (Å²) < 4.78 is 26.2. The van der Waals surface area contributed by atoms with Crippen molar-refractivity contribution in [1.29, 1.82) is 0 Å². The third-order valence-electron chi connectivity index (χ3n) is 1.51. The maximum Gasteiger partial charge on any atom is 0.319 e. The molecule has 1 atom stereocenters. The van der Waals surface area contributed by atoms with Crippen LogP contribution in [-0.4, -0.2) is 43.1 Å². The molecule has 0 aromatic rings. The second-order valence-electron chi connectivity index (χ2n) is 3.17. The van der Waals surface area contributed by atoms with Crippen LogP contribution in [0.15, 0.2) is 12.2 Å². The molecule has 1 unspecified atom stereocenters. The van der Waals surface area contributed by atoms with Gasteiger partial charge in [-0.25, -0.2) is 0 Å². The summed E-state index contributed by atoms with van der Waals surface area (Å²) in [6, 6.07) is 0. The Morgan fingerprint density at radius 2 is 2.06 bits per heavy atom. The molecule has 94 valence electrons. The van der Waals surface area contributed by atoms with Gasteiger partial charge in [0.15, 0.2) is 0 Å². The first-order chi connectivity index (χ1) is 7.37. The Bertz CT molecular complexity index is 332. The van der Waals surface area contributed by atoms with Gasteiger partial charge in [0.05, 0.1) is 6.10 Å². The number of hydrogen-bond acceptors (Lipinski definition) is 6. The summed E-state index contributed by atoms with van der Waals surface area (Å²) in [7, 11) is -4.01. The fraction of sp³-hybridized carbons (Fsp3) is 0.667. The molecule has 0 saturated carbocycles. The average molecular weight is 252 g/mol. The molecule has 0 aromatic heterocycles. The lowest BCUT2D eigenvalue weighted by Gasteiger charge is -2.07. The molecule has 0 aliphatic carbocycles. The van der Waals surface area contributed by atoms with E-state index in [0.29, 0.717) is 6.42 Å². The second-order valence-corrected chi connectivity index (χ2v) is 4.79. The Balaban J connectivity index is 4.04. The smallest absolute Gasteiger partial charge is 0.319 e. The number of carbonyl (C=O) groups excluding carboxylic acids is 1. The predicted octanol–water partition coefficient (Wildman–Crippen LogP) is -0.431. The molecule has 6 nitrogen and oxygen atoms in total. The van der Waals surface area contributed by atoms with Crippen molar-refractivity contribution in [2.45, 2.75) is 25.9 Å². The van der Waals surface area contributed by atoms with E-state index >= 15 is 0 Å². The van der Waals surface area contributed by atoms with Gasteiger partial charge in [-0.2, -0.15) is 8.42 Å². The molecule has 0 aliphatic rings. The van der Waals surface area contributed by atoms with Gasteiger partial charge in [0.1, 0.15) is 5.75 Å². The molecule has 7 heteroatoms. The molecule has 2 N–H and O–H groups in total. The number of aliphatic hydroxyl groups excluding tert-OH is 2. The fourth-order valence-electron chi connectivity index (χ4n) is 0.962. The maximum atomic E-state index is 11.1. The minimum atomic E-state index is -4.01. The summed E-state index contributed by atoms with van der Waals surface area (Å²) in [6.45, 7) is 0.976. The highest BCUT2D eigenvalue weighted by Crippen LogP contribution is 2.02. The monoisotopic (exact) mass is 252 g/mol. The highest BCUT2D eigenvalue weighted by atomic mass is 32.2. The first-order valence-corrected chi connectivity index (χ1v) is 6.32. The summed E-state index contributed by atoms with van der Waals surface area (Å²) in [5, 5.41) is 17.8. The van der Waals surface area contributed by atoms with Crippen LogP contribution in [0.25, 0.3) is 0 Å². The Morgan fingerprint density at radius 3 is 2.56 bits per heavy atom. The van der Waals surface area contributed by atoms with E-state index in [0.717, 1.165) is 6.92 Å². The van der Waals surface area contributed by atoms with Gasteiger partial charge in [0, 0.05) is 13.5 Å². The van der Waals surface area contributed by atoms with Crippen molar-refractivity contribution in [1.82, 2.24) is 0 Å². The highest BCUT2D eigenvalue weighted by molar-refractivity contribution is 7.87. The van der Waals surface area contributed by atoms with Crippen molar-refractivity contribution >= 4 is 16.1 Å². The minimum absolute atomic E-state index is 0.00165. The van der Waals surface area contributed by atoms with Gasteiger partial charge in [-0.1, -0.05) is 12.2 Å². The zero-order valence-electron chi connectivity index (χ0n) is 9.00. The maximum absolute atomic E-state index is 11.1. The van der Waals surface area contributed by atoms with E-state index in [-0.39, 0.29) is 13.0 Å². The highest BCUT2D eigenvalue weighted by Gasteiger charge is 2.19. The van der Waals surface area contributed by atoms with Crippen LogP contribution in [0.3, 0.4) is 0 Å².